The van der Waals surface area contributed by atoms with Crippen LogP contribution in [0, 0.1) is 0 Å². The second-order valence-corrected chi connectivity index (χ2v) is 6.46. The molecule has 0 saturated heterocycles. The van der Waals surface area contributed by atoms with Crippen LogP contribution in [0.25, 0.3) is 5.69 Å². The predicted molar refractivity (Wildman–Crippen MR) is 95.9 cm³/mol. The van der Waals surface area contributed by atoms with Crippen LogP contribution in [0.5, 0.6) is 0 Å². The standard InChI is InChI=1S/C18H25N5O/c1-2-22(16-8-5-14(19)11-16)12-13-3-6-15(7-4-13)23-10-9-17(20)21-18(23)24/h3-4,6-7,9-10,14,16H,2,5,8,11-12,19H2,1H3,(H2,20,21,24)/t14-,16?/m0/s1. The Morgan fingerprint density at radius 2 is 2.00 bits per heavy atom. The van der Waals surface area contributed by atoms with E-state index in [1.807, 2.05) is 12.1 Å². The Morgan fingerprint density at radius 1 is 1.25 bits per heavy atom. The van der Waals surface area contributed by atoms with Gasteiger partial charge in [0, 0.05) is 24.8 Å². The van der Waals surface area contributed by atoms with Gasteiger partial charge >= 0.3 is 5.69 Å². The second kappa shape index (κ2) is 7.15. The highest BCUT2D eigenvalue weighted by Crippen LogP contribution is 2.24. The normalized spacial score (nSPS) is 20.6. The molecule has 1 fully saturated rings. The Labute approximate surface area is 142 Å². The quantitative estimate of drug-likeness (QED) is 0.869. The third kappa shape index (κ3) is 3.66. The minimum atomic E-state index is -0.363. The molecular formula is C18H25N5O. The van der Waals surface area contributed by atoms with Crippen LogP contribution in [-0.4, -0.2) is 33.1 Å². The van der Waals surface area contributed by atoms with Gasteiger partial charge in [0.25, 0.3) is 0 Å². The number of benzene rings is 1. The van der Waals surface area contributed by atoms with Gasteiger partial charge in [0.05, 0.1) is 5.69 Å². The van der Waals surface area contributed by atoms with Crippen molar-refractivity contribution in [3.8, 4) is 5.69 Å². The van der Waals surface area contributed by atoms with Crippen molar-refractivity contribution in [2.75, 3.05) is 12.3 Å². The fourth-order valence-electron chi connectivity index (χ4n) is 3.43. The summed E-state index contributed by atoms with van der Waals surface area (Å²) < 4.78 is 1.49. The highest BCUT2D eigenvalue weighted by Gasteiger charge is 2.26. The summed E-state index contributed by atoms with van der Waals surface area (Å²) in [5.74, 6) is 0.237. The van der Waals surface area contributed by atoms with Gasteiger partial charge in [-0.3, -0.25) is 9.47 Å². The molecule has 1 saturated carbocycles. The molecule has 0 bridgehead atoms. The molecule has 2 aromatic rings. The van der Waals surface area contributed by atoms with E-state index in [-0.39, 0.29) is 11.5 Å². The maximum absolute atomic E-state index is 11.9. The summed E-state index contributed by atoms with van der Waals surface area (Å²) in [5, 5.41) is 0. The van der Waals surface area contributed by atoms with Gasteiger partial charge in [0.1, 0.15) is 5.82 Å². The monoisotopic (exact) mass is 327 g/mol. The first-order valence-corrected chi connectivity index (χ1v) is 8.51. The van der Waals surface area contributed by atoms with Crippen LogP contribution in [0.15, 0.2) is 41.3 Å². The zero-order valence-electron chi connectivity index (χ0n) is 14.1. The minimum Gasteiger partial charge on any atom is -0.383 e. The molecule has 1 aliphatic carbocycles. The molecule has 2 atom stereocenters. The lowest BCUT2D eigenvalue weighted by Gasteiger charge is -2.27. The van der Waals surface area contributed by atoms with Crippen molar-refractivity contribution in [1.82, 2.24) is 14.5 Å². The summed E-state index contributed by atoms with van der Waals surface area (Å²) in [6.07, 6.45) is 5.03. The van der Waals surface area contributed by atoms with Gasteiger partial charge in [-0.15, -0.1) is 0 Å². The smallest absolute Gasteiger partial charge is 0.354 e. The van der Waals surface area contributed by atoms with Crippen LogP contribution in [0.4, 0.5) is 5.82 Å². The number of aromatic nitrogens is 2. The highest BCUT2D eigenvalue weighted by molar-refractivity contribution is 5.36. The number of nitrogens with zero attached hydrogens (tertiary/aromatic N) is 3. The third-order valence-corrected chi connectivity index (χ3v) is 4.79. The Bertz CT molecular complexity index is 740. The van der Waals surface area contributed by atoms with Gasteiger partial charge in [-0.2, -0.15) is 4.98 Å². The maximum atomic E-state index is 11.9. The lowest BCUT2D eigenvalue weighted by molar-refractivity contribution is 0.199. The summed E-state index contributed by atoms with van der Waals surface area (Å²) in [6, 6.07) is 10.6. The largest absolute Gasteiger partial charge is 0.383 e. The van der Waals surface area contributed by atoms with E-state index in [1.165, 1.54) is 16.6 Å². The summed E-state index contributed by atoms with van der Waals surface area (Å²) in [4.78, 5) is 18.1. The summed E-state index contributed by atoms with van der Waals surface area (Å²) in [7, 11) is 0. The third-order valence-electron chi connectivity index (χ3n) is 4.79. The van der Waals surface area contributed by atoms with Crippen LogP contribution >= 0.6 is 0 Å². The van der Waals surface area contributed by atoms with Gasteiger partial charge in [0.2, 0.25) is 0 Å². The zero-order chi connectivity index (χ0) is 17.1. The van der Waals surface area contributed by atoms with E-state index >= 15 is 0 Å². The van der Waals surface area contributed by atoms with Crippen molar-refractivity contribution in [3.63, 3.8) is 0 Å². The molecule has 6 heteroatoms. The van der Waals surface area contributed by atoms with Crippen LogP contribution in [0.2, 0.25) is 0 Å². The van der Waals surface area contributed by atoms with E-state index in [4.69, 9.17) is 11.5 Å². The molecule has 1 unspecified atom stereocenters. The van der Waals surface area contributed by atoms with Crippen LogP contribution in [0.3, 0.4) is 0 Å². The Hall–Kier alpha value is -2.18. The lowest BCUT2D eigenvalue weighted by atomic mass is 10.1. The number of nitrogen functional groups attached to an aromatic ring is 1. The van der Waals surface area contributed by atoms with Crippen molar-refractivity contribution in [3.05, 3.63) is 52.6 Å². The number of anilines is 1. The molecule has 6 nitrogen and oxygen atoms in total. The first kappa shape index (κ1) is 16.7. The number of hydrogen-bond acceptors (Lipinski definition) is 5. The maximum Gasteiger partial charge on any atom is 0.354 e. The molecule has 1 aromatic carbocycles. The molecule has 0 amide bonds. The fourth-order valence-corrected chi connectivity index (χ4v) is 3.43. The van der Waals surface area contributed by atoms with E-state index < -0.39 is 0 Å². The van der Waals surface area contributed by atoms with Crippen LogP contribution < -0.4 is 17.2 Å². The van der Waals surface area contributed by atoms with Gasteiger partial charge in [0.15, 0.2) is 0 Å². The summed E-state index contributed by atoms with van der Waals surface area (Å²) in [6.45, 7) is 4.11. The van der Waals surface area contributed by atoms with Crippen molar-refractivity contribution < 1.29 is 0 Å². The Kier molecular flexibility index (Phi) is 4.97. The molecular weight excluding hydrogens is 302 g/mol. The predicted octanol–water partition coefficient (Wildman–Crippen LogP) is 1.52. The van der Waals surface area contributed by atoms with E-state index in [9.17, 15) is 4.79 Å². The average Bonchev–Trinajstić information content (AvgIpc) is 3.00. The van der Waals surface area contributed by atoms with Crippen molar-refractivity contribution in [2.45, 2.75) is 44.8 Å². The van der Waals surface area contributed by atoms with E-state index in [0.717, 1.165) is 31.6 Å². The second-order valence-electron chi connectivity index (χ2n) is 6.46. The molecule has 24 heavy (non-hydrogen) atoms. The molecule has 0 spiro atoms. The van der Waals surface area contributed by atoms with Crippen LogP contribution in [-0.2, 0) is 6.54 Å². The summed E-state index contributed by atoms with van der Waals surface area (Å²) in [5.41, 5.74) is 13.2. The highest BCUT2D eigenvalue weighted by atomic mass is 16.1. The molecule has 1 aromatic heterocycles. The minimum absolute atomic E-state index is 0.237. The van der Waals surface area contributed by atoms with E-state index in [0.29, 0.717) is 12.1 Å². The molecule has 1 heterocycles. The topological polar surface area (TPSA) is 90.2 Å². The first-order chi connectivity index (χ1) is 11.6. The van der Waals surface area contributed by atoms with Gasteiger partial charge in [-0.05, 0) is 49.6 Å². The van der Waals surface area contributed by atoms with Crippen molar-refractivity contribution in [2.24, 2.45) is 5.73 Å². The van der Waals surface area contributed by atoms with E-state index in [2.05, 4.69) is 28.9 Å². The zero-order valence-corrected chi connectivity index (χ0v) is 14.1. The van der Waals surface area contributed by atoms with Gasteiger partial charge in [-0.25, -0.2) is 4.79 Å². The molecule has 128 valence electrons. The Balaban J connectivity index is 1.73. The molecule has 1 aliphatic rings. The number of hydrogen-bond donors (Lipinski definition) is 2. The Morgan fingerprint density at radius 3 is 2.58 bits per heavy atom. The molecule has 4 N–H and O–H groups in total. The fraction of sp³-hybridized carbons (Fsp3) is 0.444. The van der Waals surface area contributed by atoms with Crippen LogP contribution in [0.1, 0.15) is 31.7 Å². The lowest BCUT2D eigenvalue weighted by Crippen LogP contribution is -2.34. The number of rotatable bonds is 5. The molecule has 0 aliphatic heterocycles. The van der Waals surface area contributed by atoms with Gasteiger partial charge in [-0.1, -0.05) is 19.1 Å². The SMILES string of the molecule is CCN(Cc1ccc(-n2ccc(N)nc2=O)cc1)C1CC[C@H](N)C1. The molecule has 3 rings (SSSR count). The van der Waals surface area contributed by atoms with E-state index in [1.54, 1.807) is 12.3 Å². The van der Waals surface area contributed by atoms with Gasteiger partial charge < -0.3 is 11.5 Å². The molecule has 0 radical (unpaired) electrons. The average molecular weight is 327 g/mol. The summed E-state index contributed by atoms with van der Waals surface area (Å²) >= 11 is 0. The van der Waals surface area contributed by atoms with Crippen molar-refractivity contribution >= 4 is 5.82 Å². The number of nitrogens with two attached hydrogens (primary N) is 2. The van der Waals surface area contributed by atoms with Crippen molar-refractivity contribution in [1.29, 1.82) is 0 Å². The first-order valence-electron chi connectivity index (χ1n) is 8.51.